The summed E-state index contributed by atoms with van der Waals surface area (Å²) >= 11 is 0. The molecule has 1 aromatic heterocycles. The normalized spacial score (nSPS) is 14.6. The molecule has 1 aliphatic heterocycles. The molecule has 2 N–H and O–H groups in total. The first-order valence-electron chi connectivity index (χ1n) is 14.2. The van der Waals surface area contributed by atoms with Gasteiger partial charge in [0.15, 0.2) is 5.82 Å². The van der Waals surface area contributed by atoms with Crippen molar-refractivity contribution in [2.24, 2.45) is 0 Å². The molecule has 2 aromatic rings. The molecule has 0 saturated carbocycles. The molecule has 1 aromatic carbocycles. The van der Waals surface area contributed by atoms with Crippen LogP contribution in [0, 0.1) is 11.8 Å². The van der Waals surface area contributed by atoms with Crippen LogP contribution in [-0.4, -0.2) is 99.3 Å². The second-order valence-electron chi connectivity index (χ2n) is 10.9. The molecule has 12 heteroatoms. The van der Waals surface area contributed by atoms with Crippen LogP contribution in [0.1, 0.15) is 63.6 Å². The van der Waals surface area contributed by atoms with Gasteiger partial charge in [-0.05, 0) is 47.0 Å². The van der Waals surface area contributed by atoms with Crippen molar-refractivity contribution in [3.63, 3.8) is 0 Å². The minimum atomic E-state index is -1.07. The Balaban J connectivity index is 1.85. The van der Waals surface area contributed by atoms with Crippen LogP contribution >= 0.6 is 0 Å². The molecule has 12 nitrogen and oxygen atoms in total. The molecule has 230 valence electrons. The highest BCUT2D eigenvalue weighted by atomic mass is 16.6. The Morgan fingerprint density at radius 3 is 2.30 bits per heavy atom. The van der Waals surface area contributed by atoms with Gasteiger partial charge in [-0.15, -0.1) is 0 Å². The van der Waals surface area contributed by atoms with Crippen LogP contribution in [0.5, 0.6) is 0 Å². The minimum absolute atomic E-state index is 0.0110. The standard InChI is InChI=1S/C31H39N5O7/c1-6-42-30(41)36-18-16-35(17-19-36)29(40)24(14-15-26(38)43-31(3,4)5)34-28(39)25-20-23(13-12-21(2)37)32-27(33-25)22-10-8-7-9-11-22/h7-11,20-21,24,37H,6,14-19H2,1-5H3,(H,34,39). The van der Waals surface area contributed by atoms with Gasteiger partial charge in [-0.3, -0.25) is 14.4 Å². The smallest absolute Gasteiger partial charge is 0.409 e. The van der Waals surface area contributed by atoms with Crippen molar-refractivity contribution < 1.29 is 33.8 Å². The van der Waals surface area contributed by atoms with E-state index in [1.54, 1.807) is 56.9 Å². The summed E-state index contributed by atoms with van der Waals surface area (Å²) in [7, 11) is 0. The zero-order chi connectivity index (χ0) is 31.6. The molecule has 1 fully saturated rings. The maximum Gasteiger partial charge on any atom is 0.409 e. The van der Waals surface area contributed by atoms with E-state index in [2.05, 4.69) is 27.1 Å². The summed E-state index contributed by atoms with van der Waals surface area (Å²) in [6.45, 7) is 9.73. The number of amides is 3. The van der Waals surface area contributed by atoms with Gasteiger partial charge >= 0.3 is 12.1 Å². The van der Waals surface area contributed by atoms with Crippen molar-refractivity contribution in [1.29, 1.82) is 0 Å². The van der Waals surface area contributed by atoms with Crippen LogP contribution in [0.25, 0.3) is 11.4 Å². The molecule has 1 saturated heterocycles. The fourth-order valence-corrected chi connectivity index (χ4v) is 4.21. The summed E-state index contributed by atoms with van der Waals surface area (Å²) in [4.78, 5) is 63.7. The van der Waals surface area contributed by atoms with Crippen molar-refractivity contribution >= 4 is 23.9 Å². The number of rotatable bonds is 8. The number of piperazine rings is 1. The van der Waals surface area contributed by atoms with Crippen molar-refractivity contribution in [3.05, 3.63) is 47.8 Å². The number of aliphatic hydroxyl groups is 1. The van der Waals surface area contributed by atoms with Gasteiger partial charge in [-0.25, -0.2) is 14.8 Å². The number of esters is 1. The molecule has 0 aliphatic carbocycles. The monoisotopic (exact) mass is 593 g/mol. The lowest BCUT2D eigenvalue weighted by Crippen LogP contribution is -2.56. The fraction of sp³-hybridized carbons (Fsp3) is 0.484. The van der Waals surface area contributed by atoms with Crippen LogP contribution in [0.4, 0.5) is 4.79 Å². The number of carbonyl (C=O) groups is 4. The van der Waals surface area contributed by atoms with Crippen molar-refractivity contribution in [2.75, 3.05) is 32.8 Å². The van der Waals surface area contributed by atoms with Gasteiger partial charge in [0.2, 0.25) is 5.91 Å². The van der Waals surface area contributed by atoms with Gasteiger partial charge in [0.05, 0.1) is 6.61 Å². The number of benzene rings is 1. The van der Waals surface area contributed by atoms with E-state index >= 15 is 0 Å². The predicted octanol–water partition coefficient (Wildman–Crippen LogP) is 2.40. The third kappa shape index (κ3) is 10.4. The van der Waals surface area contributed by atoms with E-state index in [0.29, 0.717) is 5.56 Å². The molecule has 0 bridgehead atoms. The lowest BCUT2D eigenvalue weighted by molar-refractivity contribution is -0.155. The molecule has 3 amide bonds. The predicted molar refractivity (Wildman–Crippen MR) is 158 cm³/mol. The summed E-state index contributed by atoms with van der Waals surface area (Å²) in [5, 5.41) is 12.4. The Kier molecular flexibility index (Phi) is 11.6. The molecule has 3 rings (SSSR count). The summed E-state index contributed by atoms with van der Waals surface area (Å²) in [6, 6.07) is 9.32. The second kappa shape index (κ2) is 15.1. The molecule has 0 radical (unpaired) electrons. The first kappa shape index (κ1) is 33.0. The number of ether oxygens (including phenoxy) is 2. The third-order valence-electron chi connectivity index (χ3n) is 6.18. The number of aliphatic hydroxyl groups excluding tert-OH is 1. The number of nitrogens with one attached hydrogen (secondary N) is 1. The Morgan fingerprint density at radius 1 is 1.05 bits per heavy atom. The Hall–Kier alpha value is -4.50. The number of nitrogens with zero attached hydrogens (tertiary/aromatic N) is 4. The quantitative estimate of drug-likeness (QED) is 0.347. The molecule has 0 spiro atoms. The Labute approximate surface area is 251 Å². The summed E-state index contributed by atoms with van der Waals surface area (Å²) in [5.41, 5.74) is 0.119. The van der Waals surface area contributed by atoms with Crippen LogP contribution < -0.4 is 5.32 Å². The highest BCUT2D eigenvalue weighted by Gasteiger charge is 2.32. The van der Waals surface area contributed by atoms with E-state index in [4.69, 9.17) is 9.47 Å². The number of aromatic nitrogens is 2. The second-order valence-corrected chi connectivity index (χ2v) is 10.9. The first-order chi connectivity index (χ1) is 20.4. The van der Waals surface area contributed by atoms with Gasteiger partial charge in [-0.2, -0.15) is 0 Å². The lowest BCUT2D eigenvalue weighted by atomic mass is 10.1. The zero-order valence-corrected chi connectivity index (χ0v) is 25.3. The molecule has 2 unspecified atom stereocenters. The van der Waals surface area contributed by atoms with Crippen LogP contribution in [0.2, 0.25) is 0 Å². The maximum atomic E-state index is 13.6. The van der Waals surface area contributed by atoms with E-state index in [-0.39, 0.29) is 62.8 Å². The average molecular weight is 594 g/mol. The number of hydrogen-bond acceptors (Lipinski definition) is 9. The van der Waals surface area contributed by atoms with Gasteiger partial charge in [0.1, 0.15) is 29.1 Å². The molecule has 2 atom stereocenters. The van der Waals surface area contributed by atoms with Crippen molar-refractivity contribution in [1.82, 2.24) is 25.1 Å². The summed E-state index contributed by atoms with van der Waals surface area (Å²) < 4.78 is 10.5. The van der Waals surface area contributed by atoms with Crippen molar-refractivity contribution in [3.8, 4) is 23.2 Å². The Morgan fingerprint density at radius 2 is 1.70 bits per heavy atom. The number of hydrogen-bond donors (Lipinski definition) is 2. The van der Waals surface area contributed by atoms with Gasteiger partial charge in [0.25, 0.3) is 5.91 Å². The van der Waals surface area contributed by atoms with Crippen LogP contribution in [0.15, 0.2) is 36.4 Å². The average Bonchev–Trinajstić information content (AvgIpc) is 2.97. The fourth-order valence-electron chi connectivity index (χ4n) is 4.21. The van der Waals surface area contributed by atoms with Gasteiger partial charge in [-0.1, -0.05) is 36.3 Å². The van der Waals surface area contributed by atoms with Gasteiger partial charge < -0.3 is 29.7 Å². The lowest BCUT2D eigenvalue weighted by Gasteiger charge is -2.36. The topological polar surface area (TPSA) is 151 Å². The van der Waals surface area contributed by atoms with E-state index in [1.165, 1.54) is 17.9 Å². The van der Waals surface area contributed by atoms with Gasteiger partial charge in [0, 0.05) is 44.2 Å². The van der Waals surface area contributed by atoms with E-state index < -0.39 is 41.6 Å². The first-order valence-corrected chi connectivity index (χ1v) is 14.2. The largest absolute Gasteiger partial charge is 0.460 e. The molecule has 1 aliphatic rings. The molecular weight excluding hydrogens is 554 g/mol. The number of carbonyl (C=O) groups excluding carboxylic acids is 4. The maximum absolute atomic E-state index is 13.6. The molecule has 2 heterocycles. The van der Waals surface area contributed by atoms with E-state index in [0.717, 1.165) is 0 Å². The third-order valence-corrected chi connectivity index (χ3v) is 6.18. The summed E-state index contributed by atoms with van der Waals surface area (Å²) in [5.74, 6) is 4.05. The molecule has 43 heavy (non-hydrogen) atoms. The summed E-state index contributed by atoms with van der Waals surface area (Å²) in [6.07, 6.45) is -1.48. The van der Waals surface area contributed by atoms with Crippen LogP contribution in [0.3, 0.4) is 0 Å². The highest BCUT2D eigenvalue weighted by molar-refractivity contribution is 5.96. The van der Waals surface area contributed by atoms with E-state index in [1.807, 2.05) is 6.07 Å². The minimum Gasteiger partial charge on any atom is -0.460 e. The van der Waals surface area contributed by atoms with E-state index in [9.17, 15) is 24.3 Å². The highest BCUT2D eigenvalue weighted by Crippen LogP contribution is 2.17. The molecular formula is C31H39N5O7. The van der Waals surface area contributed by atoms with Crippen molar-refractivity contribution in [2.45, 2.75) is 65.2 Å². The zero-order valence-electron chi connectivity index (χ0n) is 25.3. The Bertz CT molecular complexity index is 1350. The SMILES string of the molecule is CCOC(=O)N1CCN(C(=O)C(CCC(=O)OC(C)(C)C)NC(=O)c2cc(C#CC(C)O)nc(-c3ccccc3)n2)CC1. The van der Waals surface area contributed by atoms with Crippen LogP contribution in [-0.2, 0) is 19.1 Å².